The Kier molecular flexibility index (Phi) is 2.20. The molecule has 0 spiro atoms. The Morgan fingerprint density at radius 2 is 2.38 bits per heavy atom. The second-order valence-electron chi connectivity index (χ2n) is 2.44. The first-order valence-corrected chi connectivity index (χ1v) is 4.14. The lowest BCUT2D eigenvalue weighted by Gasteiger charge is -2.26. The lowest BCUT2D eigenvalue weighted by atomic mass is 10.4. The Labute approximate surface area is 55.4 Å². The predicted octanol–water partition coefficient (Wildman–Crippen LogP) is 1.05. The van der Waals surface area contributed by atoms with E-state index in [1.807, 2.05) is 0 Å². The van der Waals surface area contributed by atoms with Gasteiger partial charge in [-0.1, -0.05) is 6.92 Å². The van der Waals surface area contributed by atoms with Gasteiger partial charge in [-0.2, -0.15) is 11.8 Å². The zero-order valence-corrected chi connectivity index (χ0v) is 6.37. The van der Waals surface area contributed by atoms with Crippen LogP contribution in [0.4, 0.5) is 0 Å². The second-order valence-corrected chi connectivity index (χ2v) is 3.99. The molecule has 1 rings (SSSR count). The number of rotatable bonds is 0. The second kappa shape index (κ2) is 2.74. The minimum absolute atomic E-state index is 0.855. The van der Waals surface area contributed by atoms with Gasteiger partial charge in [-0.15, -0.1) is 0 Å². The fraction of sp³-hybridized carbons (Fsp3) is 1.00. The van der Waals surface area contributed by atoms with Gasteiger partial charge in [0.15, 0.2) is 0 Å². The van der Waals surface area contributed by atoms with Crippen LogP contribution in [0.2, 0.25) is 0 Å². The molecule has 1 nitrogen and oxygen atoms in total. The van der Waals surface area contributed by atoms with Gasteiger partial charge in [0.25, 0.3) is 0 Å². The molecule has 0 aromatic rings. The molecule has 0 aromatic carbocycles. The summed E-state index contributed by atoms with van der Waals surface area (Å²) in [6.45, 7) is 4.83. The summed E-state index contributed by atoms with van der Waals surface area (Å²) in [5.74, 6) is 1.32. The molecule has 1 fully saturated rings. The molecule has 1 aliphatic heterocycles. The van der Waals surface area contributed by atoms with Gasteiger partial charge in [0.05, 0.1) is 0 Å². The van der Waals surface area contributed by atoms with Gasteiger partial charge in [0.1, 0.15) is 0 Å². The molecule has 48 valence electrons. The highest BCUT2D eigenvalue weighted by atomic mass is 32.2. The van der Waals surface area contributed by atoms with Crippen LogP contribution in [0, 0.1) is 0 Å². The summed E-state index contributed by atoms with van der Waals surface area (Å²) in [6.07, 6.45) is 0. The van der Waals surface area contributed by atoms with Crippen LogP contribution in [0.25, 0.3) is 0 Å². The fourth-order valence-electron chi connectivity index (χ4n) is 0.993. The molecule has 0 amide bonds. The Bertz CT molecular complexity index is 66.9. The minimum atomic E-state index is 0.855. The average Bonchev–Trinajstić information content (AvgIpc) is 1.64. The van der Waals surface area contributed by atoms with Gasteiger partial charge in [-0.3, -0.25) is 0 Å². The maximum atomic E-state index is 2.39. The van der Waals surface area contributed by atoms with E-state index in [0.717, 1.165) is 5.25 Å². The first kappa shape index (κ1) is 6.43. The highest BCUT2D eigenvalue weighted by Crippen LogP contribution is 2.15. The Hall–Kier alpha value is 0.310. The molecule has 0 aliphatic carbocycles. The van der Waals surface area contributed by atoms with E-state index < -0.39 is 0 Å². The molecule has 2 heteroatoms. The SMILES string of the molecule is C[C@H]1CN(C)CCS1. The van der Waals surface area contributed by atoms with Crippen molar-refractivity contribution in [1.82, 2.24) is 4.90 Å². The van der Waals surface area contributed by atoms with Crippen LogP contribution in [0.3, 0.4) is 0 Å². The summed E-state index contributed by atoms with van der Waals surface area (Å²) in [4.78, 5) is 2.39. The molecule has 0 unspecified atom stereocenters. The van der Waals surface area contributed by atoms with Crippen LogP contribution in [0.5, 0.6) is 0 Å². The molecular weight excluding hydrogens is 118 g/mol. The summed E-state index contributed by atoms with van der Waals surface area (Å²) in [7, 11) is 2.19. The van der Waals surface area contributed by atoms with E-state index >= 15 is 0 Å². The normalized spacial score (nSPS) is 33.0. The van der Waals surface area contributed by atoms with Crippen LogP contribution in [0.1, 0.15) is 6.92 Å². The van der Waals surface area contributed by atoms with E-state index in [1.54, 1.807) is 0 Å². The maximum absolute atomic E-state index is 2.39. The zero-order chi connectivity index (χ0) is 5.98. The molecule has 1 saturated heterocycles. The van der Waals surface area contributed by atoms with Crippen LogP contribution in [-0.2, 0) is 0 Å². The Morgan fingerprint density at radius 1 is 1.62 bits per heavy atom. The summed E-state index contributed by atoms with van der Waals surface area (Å²) in [5, 5.41) is 0.855. The number of thioether (sulfide) groups is 1. The van der Waals surface area contributed by atoms with Crippen molar-refractivity contribution in [1.29, 1.82) is 0 Å². The molecule has 1 heterocycles. The smallest absolute Gasteiger partial charge is 0.0147 e. The quantitative estimate of drug-likeness (QED) is 0.483. The largest absolute Gasteiger partial charge is 0.304 e. The third-order valence-corrected chi connectivity index (χ3v) is 2.58. The first-order valence-electron chi connectivity index (χ1n) is 3.09. The van der Waals surface area contributed by atoms with Gasteiger partial charge in [0.2, 0.25) is 0 Å². The minimum Gasteiger partial charge on any atom is -0.304 e. The Morgan fingerprint density at radius 3 is 2.75 bits per heavy atom. The molecule has 0 aromatic heterocycles. The van der Waals surface area contributed by atoms with E-state index in [-0.39, 0.29) is 0 Å². The third kappa shape index (κ3) is 1.67. The van der Waals surface area contributed by atoms with Crippen LogP contribution in [-0.4, -0.2) is 36.0 Å². The Balaban J connectivity index is 2.23. The molecule has 0 saturated carbocycles. The molecule has 1 aliphatic rings. The molecular formula is C6H13NS. The van der Waals surface area contributed by atoms with Crippen LogP contribution >= 0.6 is 11.8 Å². The lowest BCUT2D eigenvalue weighted by Crippen LogP contribution is -2.32. The van der Waals surface area contributed by atoms with Crippen molar-refractivity contribution in [3.05, 3.63) is 0 Å². The van der Waals surface area contributed by atoms with Crippen molar-refractivity contribution < 1.29 is 0 Å². The number of nitrogens with zero attached hydrogens (tertiary/aromatic N) is 1. The van der Waals surface area contributed by atoms with Gasteiger partial charge >= 0.3 is 0 Å². The van der Waals surface area contributed by atoms with E-state index in [1.165, 1.54) is 18.8 Å². The summed E-state index contributed by atoms with van der Waals surface area (Å²) in [5.41, 5.74) is 0. The van der Waals surface area contributed by atoms with Crippen molar-refractivity contribution in [3.8, 4) is 0 Å². The van der Waals surface area contributed by atoms with E-state index in [0.29, 0.717) is 0 Å². The highest BCUT2D eigenvalue weighted by molar-refractivity contribution is 7.99. The van der Waals surface area contributed by atoms with Crippen molar-refractivity contribution >= 4 is 11.8 Å². The van der Waals surface area contributed by atoms with E-state index in [2.05, 4.69) is 30.6 Å². The zero-order valence-electron chi connectivity index (χ0n) is 5.55. The van der Waals surface area contributed by atoms with Crippen molar-refractivity contribution in [2.24, 2.45) is 0 Å². The van der Waals surface area contributed by atoms with E-state index in [9.17, 15) is 0 Å². The van der Waals surface area contributed by atoms with Gasteiger partial charge < -0.3 is 4.90 Å². The molecule has 1 atom stereocenters. The average molecular weight is 131 g/mol. The predicted molar refractivity (Wildman–Crippen MR) is 39.4 cm³/mol. The lowest BCUT2D eigenvalue weighted by molar-refractivity contribution is 0.350. The van der Waals surface area contributed by atoms with Crippen molar-refractivity contribution in [3.63, 3.8) is 0 Å². The standard InChI is InChI=1S/C6H13NS/c1-6-5-7(2)3-4-8-6/h6H,3-5H2,1-2H3/t6-/m0/s1. The van der Waals surface area contributed by atoms with Gasteiger partial charge in [0, 0.05) is 24.1 Å². The molecule has 0 N–H and O–H groups in total. The maximum Gasteiger partial charge on any atom is 0.0147 e. The summed E-state index contributed by atoms with van der Waals surface area (Å²) in [6, 6.07) is 0. The number of hydrogen-bond acceptors (Lipinski definition) is 2. The van der Waals surface area contributed by atoms with E-state index in [4.69, 9.17) is 0 Å². The monoisotopic (exact) mass is 131 g/mol. The topological polar surface area (TPSA) is 3.24 Å². The molecule has 0 bridgehead atoms. The van der Waals surface area contributed by atoms with Gasteiger partial charge in [-0.25, -0.2) is 0 Å². The third-order valence-electron chi connectivity index (χ3n) is 1.44. The van der Waals surface area contributed by atoms with Crippen LogP contribution < -0.4 is 0 Å². The number of hydrogen-bond donors (Lipinski definition) is 0. The first-order chi connectivity index (χ1) is 3.79. The summed E-state index contributed by atoms with van der Waals surface area (Å²) < 4.78 is 0. The van der Waals surface area contributed by atoms with Crippen molar-refractivity contribution in [2.45, 2.75) is 12.2 Å². The van der Waals surface area contributed by atoms with Crippen molar-refractivity contribution in [2.75, 3.05) is 25.9 Å². The van der Waals surface area contributed by atoms with Crippen LogP contribution in [0.15, 0.2) is 0 Å². The van der Waals surface area contributed by atoms with Gasteiger partial charge in [-0.05, 0) is 7.05 Å². The highest BCUT2D eigenvalue weighted by Gasteiger charge is 2.11. The molecule has 8 heavy (non-hydrogen) atoms. The fourth-order valence-corrected chi connectivity index (χ4v) is 2.17. The summed E-state index contributed by atoms with van der Waals surface area (Å²) >= 11 is 2.08. The molecule has 0 radical (unpaired) electrons.